The van der Waals surface area contributed by atoms with Crippen LogP contribution in [0.1, 0.15) is 6.42 Å². The second-order valence-electron chi connectivity index (χ2n) is 3.12. The molecule has 0 radical (unpaired) electrons. The van der Waals surface area contributed by atoms with E-state index in [1.54, 1.807) is 0 Å². The van der Waals surface area contributed by atoms with Crippen LogP contribution in [0.2, 0.25) is 0 Å². The van der Waals surface area contributed by atoms with Crippen molar-refractivity contribution >= 4 is 26.8 Å². The van der Waals surface area contributed by atoms with Gasteiger partial charge in [0, 0.05) is 23.1 Å². The molecule has 0 aliphatic carbocycles. The van der Waals surface area contributed by atoms with Gasteiger partial charge in [-0.05, 0) is 30.0 Å². The van der Waals surface area contributed by atoms with Gasteiger partial charge in [0.1, 0.15) is 5.75 Å². The number of fused-ring (bicyclic) bond motifs is 1. The first-order valence-electron chi connectivity index (χ1n) is 4.66. The van der Waals surface area contributed by atoms with E-state index in [9.17, 15) is 0 Å². The number of hydrogen-bond acceptors (Lipinski definition) is 1. The van der Waals surface area contributed by atoms with Crippen molar-refractivity contribution in [1.29, 1.82) is 0 Å². The summed E-state index contributed by atoms with van der Waals surface area (Å²) in [5, 5.41) is 2.20. The molecule has 14 heavy (non-hydrogen) atoms. The maximum Gasteiger partial charge on any atom is 0.121 e. The molecule has 0 saturated heterocycles. The number of aromatic amines is 1. The highest BCUT2D eigenvalue weighted by Gasteiger charge is 1.97. The van der Waals surface area contributed by atoms with E-state index >= 15 is 0 Å². The molecule has 1 aromatic heterocycles. The van der Waals surface area contributed by atoms with Gasteiger partial charge >= 0.3 is 0 Å². The first-order chi connectivity index (χ1) is 6.90. The average Bonchev–Trinajstić information content (AvgIpc) is 2.65. The van der Waals surface area contributed by atoms with Crippen LogP contribution in [0.15, 0.2) is 30.5 Å². The Kier molecular flexibility index (Phi) is 3.09. The summed E-state index contributed by atoms with van der Waals surface area (Å²) in [5.74, 6) is 0.931. The highest BCUT2D eigenvalue weighted by atomic mass is 79.9. The molecule has 74 valence electrons. The quantitative estimate of drug-likeness (QED) is 0.657. The Balaban J connectivity index is 2.10. The number of rotatable bonds is 4. The van der Waals surface area contributed by atoms with Crippen molar-refractivity contribution in [3.05, 3.63) is 30.5 Å². The molecular weight excluding hydrogens is 242 g/mol. The summed E-state index contributed by atoms with van der Waals surface area (Å²) in [6.07, 6.45) is 2.97. The number of alkyl halides is 1. The molecule has 2 aromatic rings. The van der Waals surface area contributed by atoms with Crippen LogP contribution in [-0.4, -0.2) is 16.9 Å². The van der Waals surface area contributed by atoms with Crippen molar-refractivity contribution in [2.45, 2.75) is 6.42 Å². The van der Waals surface area contributed by atoms with Gasteiger partial charge in [-0.2, -0.15) is 0 Å². The molecule has 0 fully saturated rings. The van der Waals surface area contributed by atoms with Gasteiger partial charge in [-0.3, -0.25) is 0 Å². The lowest BCUT2D eigenvalue weighted by molar-refractivity contribution is 0.319. The number of benzene rings is 1. The minimum absolute atomic E-state index is 0.761. The van der Waals surface area contributed by atoms with Crippen molar-refractivity contribution in [1.82, 2.24) is 4.98 Å². The maximum absolute atomic E-state index is 5.57. The molecule has 1 heterocycles. The first-order valence-corrected chi connectivity index (χ1v) is 5.78. The normalized spacial score (nSPS) is 10.6. The molecule has 0 saturated carbocycles. The zero-order valence-corrected chi connectivity index (χ0v) is 9.38. The molecule has 0 spiro atoms. The van der Waals surface area contributed by atoms with E-state index in [0.29, 0.717) is 0 Å². The minimum Gasteiger partial charge on any atom is -0.493 e. The molecule has 0 aliphatic heterocycles. The van der Waals surface area contributed by atoms with E-state index in [0.717, 1.165) is 29.6 Å². The molecule has 2 nitrogen and oxygen atoms in total. The van der Waals surface area contributed by atoms with Crippen molar-refractivity contribution in [2.75, 3.05) is 11.9 Å². The van der Waals surface area contributed by atoms with Gasteiger partial charge in [0.05, 0.1) is 6.61 Å². The molecule has 1 aromatic carbocycles. The van der Waals surface area contributed by atoms with Gasteiger partial charge in [-0.15, -0.1) is 0 Å². The van der Waals surface area contributed by atoms with Gasteiger partial charge in [-0.1, -0.05) is 15.9 Å². The van der Waals surface area contributed by atoms with Crippen LogP contribution in [0.4, 0.5) is 0 Å². The number of nitrogens with one attached hydrogen (secondary N) is 1. The summed E-state index contributed by atoms with van der Waals surface area (Å²) in [4.78, 5) is 3.16. The van der Waals surface area contributed by atoms with E-state index in [4.69, 9.17) is 4.74 Å². The van der Waals surface area contributed by atoms with Crippen molar-refractivity contribution in [2.24, 2.45) is 0 Å². The lowest BCUT2D eigenvalue weighted by Gasteiger charge is -2.04. The van der Waals surface area contributed by atoms with Gasteiger partial charge < -0.3 is 9.72 Å². The predicted octanol–water partition coefficient (Wildman–Crippen LogP) is 3.33. The van der Waals surface area contributed by atoms with Gasteiger partial charge in [0.2, 0.25) is 0 Å². The highest BCUT2D eigenvalue weighted by molar-refractivity contribution is 9.09. The maximum atomic E-state index is 5.57. The third-order valence-corrected chi connectivity index (χ3v) is 2.63. The van der Waals surface area contributed by atoms with Gasteiger partial charge in [0.15, 0.2) is 0 Å². The fourth-order valence-electron chi connectivity index (χ4n) is 1.36. The lowest BCUT2D eigenvalue weighted by Crippen LogP contribution is -1.97. The second kappa shape index (κ2) is 4.51. The third-order valence-electron chi connectivity index (χ3n) is 2.07. The molecule has 0 unspecified atom stereocenters. The zero-order chi connectivity index (χ0) is 9.80. The smallest absolute Gasteiger partial charge is 0.121 e. The van der Waals surface area contributed by atoms with Crippen LogP contribution in [0.3, 0.4) is 0 Å². The molecule has 0 bridgehead atoms. The Morgan fingerprint density at radius 1 is 1.29 bits per heavy atom. The number of aromatic nitrogens is 1. The van der Waals surface area contributed by atoms with E-state index in [1.807, 2.05) is 18.3 Å². The zero-order valence-electron chi connectivity index (χ0n) is 7.79. The number of ether oxygens (including phenoxy) is 1. The fraction of sp³-hybridized carbons (Fsp3) is 0.273. The predicted molar refractivity (Wildman–Crippen MR) is 62.2 cm³/mol. The summed E-state index contributed by atoms with van der Waals surface area (Å²) in [6.45, 7) is 0.761. The Bertz CT molecular complexity index is 410. The Morgan fingerprint density at radius 3 is 3.07 bits per heavy atom. The van der Waals surface area contributed by atoms with Crippen LogP contribution in [-0.2, 0) is 0 Å². The number of halogens is 1. The molecule has 0 atom stereocenters. The Morgan fingerprint density at radius 2 is 2.21 bits per heavy atom. The van der Waals surface area contributed by atoms with Crippen molar-refractivity contribution in [3.8, 4) is 5.75 Å². The second-order valence-corrected chi connectivity index (χ2v) is 3.91. The minimum atomic E-state index is 0.761. The molecule has 0 aliphatic rings. The summed E-state index contributed by atoms with van der Waals surface area (Å²) in [6, 6.07) is 8.15. The first kappa shape index (κ1) is 9.59. The average molecular weight is 254 g/mol. The Labute approximate surface area is 91.4 Å². The molecule has 0 amide bonds. The number of hydrogen-bond donors (Lipinski definition) is 1. The number of H-pyrrole nitrogens is 1. The topological polar surface area (TPSA) is 25.0 Å². The Hall–Kier alpha value is -0.960. The molecule has 3 heteroatoms. The highest BCUT2D eigenvalue weighted by Crippen LogP contribution is 2.19. The summed E-state index contributed by atoms with van der Waals surface area (Å²) in [7, 11) is 0. The third kappa shape index (κ3) is 2.10. The van der Waals surface area contributed by atoms with Gasteiger partial charge in [-0.25, -0.2) is 0 Å². The fourth-order valence-corrected chi connectivity index (χ4v) is 1.59. The van der Waals surface area contributed by atoms with Crippen LogP contribution in [0, 0.1) is 0 Å². The van der Waals surface area contributed by atoms with E-state index in [-0.39, 0.29) is 0 Å². The summed E-state index contributed by atoms with van der Waals surface area (Å²) < 4.78 is 5.57. The largest absolute Gasteiger partial charge is 0.493 e. The molecular formula is C11H12BrNO. The van der Waals surface area contributed by atoms with Crippen molar-refractivity contribution in [3.63, 3.8) is 0 Å². The summed E-state index contributed by atoms with van der Waals surface area (Å²) >= 11 is 3.37. The van der Waals surface area contributed by atoms with Crippen molar-refractivity contribution < 1.29 is 4.74 Å². The van der Waals surface area contributed by atoms with E-state index in [1.165, 1.54) is 5.39 Å². The van der Waals surface area contributed by atoms with E-state index in [2.05, 4.69) is 33.0 Å². The lowest BCUT2D eigenvalue weighted by atomic mass is 10.2. The van der Waals surface area contributed by atoms with E-state index < -0.39 is 0 Å². The van der Waals surface area contributed by atoms with Crippen LogP contribution < -0.4 is 4.74 Å². The van der Waals surface area contributed by atoms with Crippen LogP contribution >= 0.6 is 15.9 Å². The molecule has 1 N–H and O–H groups in total. The standard InChI is InChI=1S/C11H12BrNO/c12-5-1-7-14-10-3-2-9-4-6-13-11(9)8-10/h2-4,6,8,13H,1,5,7H2. The van der Waals surface area contributed by atoms with Crippen LogP contribution in [0.25, 0.3) is 10.9 Å². The van der Waals surface area contributed by atoms with Gasteiger partial charge in [0.25, 0.3) is 0 Å². The van der Waals surface area contributed by atoms with Crippen LogP contribution in [0.5, 0.6) is 5.75 Å². The SMILES string of the molecule is BrCCCOc1ccc2cc[nH]c2c1. The monoisotopic (exact) mass is 253 g/mol. The summed E-state index contributed by atoms with van der Waals surface area (Å²) in [5.41, 5.74) is 1.13. The molecule has 2 rings (SSSR count).